The monoisotopic (exact) mass is 354 g/mol. The van der Waals surface area contributed by atoms with Crippen molar-refractivity contribution in [3.8, 4) is 11.3 Å². The Hall–Kier alpha value is -2.66. The third kappa shape index (κ3) is 3.88. The SMILES string of the molecule is Fc1ccc(Nc2cc(-c3ccccc3)nc(NC3CC3)n2)c(Cl)c1. The van der Waals surface area contributed by atoms with Crippen molar-refractivity contribution >= 4 is 29.1 Å². The number of anilines is 3. The lowest BCUT2D eigenvalue weighted by Crippen LogP contribution is -2.07. The first-order valence-electron chi connectivity index (χ1n) is 8.10. The summed E-state index contributed by atoms with van der Waals surface area (Å²) in [5.74, 6) is 0.800. The Morgan fingerprint density at radius 1 is 1.00 bits per heavy atom. The van der Waals surface area contributed by atoms with E-state index in [2.05, 4.69) is 20.6 Å². The average Bonchev–Trinajstić information content (AvgIpc) is 3.42. The lowest BCUT2D eigenvalue weighted by Gasteiger charge is -2.12. The van der Waals surface area contributed by atoms with Crippen LogP contribution < -0.4 is 10.6 Å². The van der Waals surface area contributed by atoms with Gasteiger partial charge in [0.1, 0.15) is 11.6 Å². The summed E-state index contributed by atoms with van der Waals surface area (Å²) < 4.78 is 13.2. The van der Waals surface area contributed by atoms with Gasteiger partial charge >= 0.3 is 0 Å². The molecule has 2 aromatic carbocycles. The number of hydrogen-bond acceptors (Lipinski definition) is 4. The highest BCUT2D eigenvalue weighted by Crippen LogP contribution is 2.29. The van der Waals surface area contributed by atoms with Gasteiger partial charge in [0.25, 0.3) is 0 Å². The van der Waals surface area contributed by atoms with E-state index in [-0.39, 0.29) is 5.82 Å². The number of hydrogen-bond donors (Lipinski definition) is 2. The lowest BCUT2D eigenvalue weighted by molar-refractivity contribution is 0.628. The predicted molar refractivity (Wildman–Crippen MR) is 98.8 cm³/mol. The molecule has 0 spiro atoms. The molecule has 25 heavy (non-hydrogen) atoms. The van der Waals surface area contributed by atoms with Gasteiger partial charge in [-0.2, -0.15) is 4.98 Å². The van der Waals surface area contributed by atoms with Crippen LogP contribution >= 0.6 is 11.6 Å². The fraction of sp³-hybridized carbons (Fsp3) is 0.158. The summed E-state index contributed by atoms with van der Waals surface area (Å²) in [5, 5.41) is 6.78. The number of rotatable bonds is 5. The first-order valence-corrected chi connectivity index (χ1v) is 8.48. The molecule has 0 saturated heterocycles. The fourth-order valence-electron chi connectivity index (χ4n) is 2.47. The highest BCUT2D eigenvalue weighted by Gasteiger charge is 2.22. The minimum atomic E-state index is -0.376. The molecule has 3 aromatic rings. The molecule has 4 rings (SSSR count). The van der Waals surface area contributed by atoms with Crippen molar-refractivity contribution in [3.05, 3.63) is 65.4 Å². The van der Waals surface area contributed by atoms with E-state index in [4.69, 9.17) is 11.6 Å². The Kier molecular flexibility index (Phi) is 4.24. The molecule has 1 aliphatic carbocycles. The van der Waals surface area contributed by atoms with Crippen LogP contribution in [0, 0.1) is 5.82 Å². The smallest absolute Gasteiger partial charge is 0.225 e. The van der Waals surface area contributed by atoms with Gasteiger partial charge in [0, 0.05) is 17.7 Å². The number of halogens is 2. The minimum Gasteiger partial charge on any atom is -0.351 e. The topological polar surface area (TPSA) is 49.8 Å². The van der Waals surface area contributed by atoms with Gasteiger partial charge in [-0.25, -0.2) is 9.37 Å². The second kappa shape index (κ2) is 6.69. The van der Waals surface area contributed by atoms with E-state index in [0.29, 0.717) is 28.5 Å². The van der Waals surface area contributed by atoms with E-state index in [1.165, 1.54) is 12.1 Å². The van der Waals surface area contributed by atoms with E-state index in [9.17, 15) is 4.39 Å². The third-order valence-corrected chi connectivity index (χ3v) is 4.21. The van der Waals surface area contributed by atoms with Crippen LogP contribution in [0.15, 0.2) is 54.6 Å². The fourth-order valence-corrected chi connectivity index (χ4v) is 2.69. The van der Waals surface area contributed by atoms with Crippen molar-refractivity contribution in [2.24, 2.45) is 0 Å². The zero-order chi connectivity index (χ0) is 17.2. The molecule has 2 N–H and O–H groups in total. The van der Waals surface area contributed by atoms with Gasteiger partial charge in [-0.1, -0.05) is 41.9 Å². The van der Waals surface area contributed by atoms with Crippen LogP contribution in [0.5, 0.6) is 0 Å². The molecule has 0 radical (unpaired) electrons. The summed E-state index contributed by atoms with van der Waals surface area (Å²) in [6.07, 6.45) is 2.26. The van der Waals surface area contributed by atoms with Crippen molar-refractivity contribution in [2.45, 2.75) is 18.9 Å². The van der Waals surface area contributed by atoms with Crippen molar-refractivity contribution in [2.75, 3.05) is 10.6 Å². The minimum absolute atomic E-state index is 0.302. The van der Waals surface area contributed by atoms with Crippen molar-refractivity contribution in [3.63, 3.8) is 0 Å². The van der Waals surface area contributed by atoms with E-state index >= 15 is 0 Å². The molecule has 0 unspecified atom stereocenters. The maximum Gasteiger partial charge on any atom is 0.225 e. The normalized spacial score (nSPS) is 13.5. The Morgan fingerprint density at radius 2 is 1.80 bits per heavy atom. The lowest BCUT2D eigenvalue weighted by atomic mass is 10.1. The van der Waals surface area contributed by atoms with Gasteiger partial charge in [-0.05, 0) is 31.0 Å². The van der Waals surface area contributed by atoms with Crippen LogP contribution in [0.25, 0.3) is 11.3 Å². The van der Waals surface area contributed by atoms with Gasteiger partial charge in [-0.3, -0.25) is 0 Å². The average molecular weight is 355 g/mol. The van der Waals surface area contributed by atoms with E-state index in [0.717, 1.165) is 24.1 Å². The summed E-state index contributed by atoms with van der Waals surface area (Å²) >= 11 is 6.11. The molecule has 0 bridgehead atoms. The standard InChI is InChI=1S/C19H16ClFN4/c20-15-10-13(21)6-9-16(15)23-18-11-17(12-4-2-1-3-5-12)24-19(25-18)22-14-7-8-14/h1-6,9-11,14H,7-8H2,(H2,22,23,24,25). The predicted octanol–water partition coefficient (Wildman–Crippen LogP) is 5.25. The van der Waals surface area contributed by atoms with Gasteiger partial charge in [0.2, 0.25) is 5.95 Å². The number of nitrogens with one attached hydrogen (secondary N) is 2. The molecule has 1 heterocycles. The molecular formula is C19H16ClFN4. The number of benzene rings is 2. The quantitative estimate of drug-likeness (QED) is 0.656. The van der Waals surface area contributed by atoms with Crippen LogP contribution in [-0.4, -0.2) is 16.0 Å². The van der Waals surface area contributed by atoms with Gasteiger partial charge in [0.15, 0.2) is 0 Å². The summed E-state index contributed by atoms with van der Waals surface area (Å²) in [4.78, 5) is 9.12. The van der Waals surface area contributed by atoms with Crippen LogP contribution in [0.1, 0.15) is 12.8 Å². The zero-order valence-corrected chi connectivity index (χ0v) is 14.1. The zero-order valence-electron chi connectivity index (χ0n) is 13.3. The Bertz CT molecular complexity index is 897. The molecule has 4 nitrogen and oxygen atoms in total. The Labute approximate surface area is 150 Å². The number of aromatic nitrogens is 2. The van der Waals surface area contributed by atoms with E-state index in [1.807, 2.05) is 36.4 Å². The first-order chi connectivity index (χ1) is 12.2. The molecule has 1 saturated carbocycles. The highest BCUT2D eigenvalue weighted by molar-refractivity contribution is 6.33. The highest BCUT2D eigenvalue weighted by atomic mass is 35.5. The Morgan fingerprint density at radius 3 is 2.52 bits per heavy atom. The summed E-state index contributed by atoms with van der Waals surface area (Å²) in [5.41, 5.74) is 2.40. The largest absolute Gasteiger partial charge is 0.351 e. The van der Waals surface area contributed by atoms with Crippen molar-refractivity contribution in [1.82, 2.24) is 9.97 Å². The molecule has 1 aliphatic rings. The van der Waals surface area contributed by atoms with Gasteiger partial charge in [0.05, 0.1) is 16.4 Å². The van der Waals surface area contributed by atoms with Gasteiger partial charge in [-0.15, -0.1) is 0 Å². The molecule has 6 heteroatoms. The maximum absolute atomic E-state index is 13.2. The Balaban J connectivity index is 1.70. The van der Waals surface area contributed by atoms with Crippen LogP contribution in [0.3, 0.4) is 0 Å². The van der Waals surface area contributed by atoms with Crippen molar-refractivity contribution < 1.29 is 4.39 Å². The summed E-state index contributed by atoms with van der Waals surface area (Å²) in [6.45, 7) is 0. The maximum atomic E-state index is 13.2. The van der Waals surface area contributed by atoms with Crippen LogP contribution in [0.4, 0.5) is 21.8 Å². The van der Waals surface area contributed by atoms with Crippen LogP contribution in [-0.2, 0) is 0 Å². The summed E-state index contributed by atoms with van der Waals surface area (Å²) in [6, 6.07) is 16.4. The second-order valence-electron chi connectivity index (χ2n) is 6.00. The third-order valence-electron chi connectivity index (χ3n) is 3.90. The second-order valence-corrected chi connectivity index (χ2v) is 6.40. The molecule has 0 atom stereocenters. The molecule has 126 valence electrons. The number of nitrogens with zero attached hydrogens (tertiary/aromatic N) is 2. The van der Waals surface area contributed by atoms with Crippen molar-refractivity contribution in [1.29, 1.82) is 0 Å². The molecule has 0 aliphatic heterocycles. The molecule has 0 amide bonds. The molecular weight excluding hydrogens is 339 g/mol. The van der Waals surface area contributed by atoms with E-state index < -0.39 is 0 Å². The molecule has 1 fully saturated rings. The summed E-state index contributed by atoms with van der Waals surface area (Å²) in [7, 11) is 0. The first kappa shape index (κ1) is 15.8. The van der Waals surface area contributed by atoms with E-state index in [1.54, 1.807) is 6.07 Å². The molecule has 1 aromatic heterocycles. The van der Waals surface area contributed by atoms with Gasteiger partial charge < -0.3 is 10.6 Å². The van der Waals surface area contributed by atoms with Crippen LogP contribution in [0.2, 0.25) is 5.02 Å².